The number of rotatable bonds is 3. The number of aromatic nitrogens is 2. The molecule has 7 heteroatoms. The largest absolute Gasteiger partial charge is 0.474 e. The minimum absolute atomic E-state index is 0.0433. The third-order valence-electron chi connectivity index (χ3n) is 4.87. The van der Waals surface area contributed by atoms with Gasteiger partial charge in [-0.3, -0.25) is 4.79 Å². The molecular formula is C18H21N3O4. The molecule has 0 bridgehead atoms. The average molecular weight is 343 g/mol. The predicted molar refractivity (Wildman–Crippen MR) is 88.5 cm³/mol. The monoisotopic (exact) mass is 343 g/mol. The minimum atomic E-state index is -0.313. The van der Waals surface area contributed by atoms with Crippen LogP contribution in [0.5, 0.6) is 5.88 Å². The van der Waals surface area contributed by atoms with E-state index in [9.17, 15) is 4.79 Å². The van der Waals surface area contributed by atoms with Gasteiger partial charge in [0.1, 0.15) is 23.0 Å². The highest BCUT2D eigenvalue weighted by Crippen LogP contribution is 2.36. The summed E-state index contributed by atoms with van der Waals surface area (Å²) >= 11 is 0. The van der Waals surface area contributed by atoms with Crippen LogP contribution in [0, 0.1) is 13.8 Å². The Bertz CT molecular complexity index is 748. The van der Waals surface area contributed by atoms with E-state index in [0.29, 0.717) is 42.6 Å². The first-order valence-corrected chi connectivity index (χ1v) is 8.50. The van der Waals surface area contributed by atoms with Crippen molar-refractivity contribution in [3.63, 3.8) is 0 Å². The molecule has 0 saturated carbocycles. The van der Waals surface area contributed by atoms with E-state index in [2.05, 4.69) is 10.1 Å². The van der Waals surface area contributed by atoms with Crippen molar-refractivity contribution in [1.29, 1.82) is 0 Å². The molecular weight excluding hydrogens is 322 g/mol. The molecule has 1 amide bonds. The molecule has 1 atom stereocenters. The van der Waals surface area contributed by atoms with Gasteiger partial charge in [-0.25, -0.2) is 4.98 Å². The molecule has 2 aliphatic rings. The van der Waals surface area contributed by atoms with Gasteiger partial charge >= 0.3 is 0 Å². The summed E-state index contributed by atoms with van der Waals surface area (Å²) in [6.45, 7) is 5.31. The van der Waals surface area contributed by atoms with Gasteiger partial charge in [0.25, 0.3) is 5.91 Å². The zero-order valence-corrected chi connectivity index (χ0v) is 14.4. The lowest BCUT2D eigenvalue weighted by atomic mass is 9.84. The van der Waals surface area contributed by atoms with Crippen molar-refractivity contribution in [3.8, 4) is 5.88 Å². The Kier molecular flexibility index (Phi) is 3.95. The molecule has 4 rings (SSSR count). The summed E-state index contributed by atoms with van der Waals surface area (Å²) < 4.78 is 17.1. The van der Waals surface area contributed by atoms with Crippen LogP contribution in [0.3, 0.4) is 0 Å². The second-order valence-electron chi connectivity index (χ2n) is 6.79. The van der Waals surface area contributed by atoms with Gasteiger partial charge in [0.15, 0.2) is 0 Å². The number of amides is 1. The van der Waals surface area contributed by atoms with Gasteiger partial charge in [-0.1, -0.05) is 11.2 Å². The Balaban J connectivity index is 1.39. The molecule has 2 aromatic rings. The van der Waals surface area contributed by atoms with E-state index < -0.39 is 0 Å². The number of pyridine rings is 1. The Morgan fingerprint density at radius 2 is 2.20 bits per heavy atom. The van der Waals surface area contributed by atoms with E-state index in [-0.39, 0.29) is 17.6 Å². The first-order valence-electron chi connectivity index (χ1n) is 8.50. The maximum absolute atomic E-state index is 12.7. The SMILES string of the molecule is Cc1noc(C)c1C(=O)N1CC2(C[C@H](Oc3ccccn3)CCO2)C1. The molecule has 0 aliphatic carbocycles. The maximum atomic E-state index is 12.7. The molecule has 0 aromatic carbocycles. The normalized spacial score (nSPS) is 21.8. The summed E-state index contributed by atoms with van der Waals surface area (Å²) in [6.07, 6.45) is 3.36. The predicted octanol–water partition coefficient (Wildman–Crippen LogP) is 2.14. The molecule has 4 heterocycles. The number of ether oxygens (including phenoxy) is 2. The van der Waals surface area contributed by atoms with Crippen molar-refractivity contribution in [3.05, 3.63) is 41.4 Å². The fourth-order valence-corrected chi connectivity index (χ4v) is 3.63. The lowest BCUT2D eigenvalue weighted by Crippen LogP contribution is -2.67. The summed E-state index contributed by atoms with van der Waals surface area (Å²) in [5, 5.41) is 3.86. The van der Waals surface area contributed by atoms with Gasteiger partial charge in [-0.2, -0.15) is 0 Å². The van der Waals surface area contributed by atoms with E-state index in [0.717, 1.165) is 12.8 Å². The number of likely N-dealkylation sites (tertiary alicyclic amines) is 1. The van der Waals surface area contributed by atoms with Crippen LogP contribution in [0.15, 0.2) is 28.9 Å². The highest BCUT2D eigenvalue weighted by molar-refractivity contribution is 5.96. The first-order chi connectivity index (χ1) is 12.1. The van der Waals surface area contributed by atoms with Crippen molar-refractivity contribution in [2.24, 2.45) is 0 Å². The number of aryl methyl sites for hydroxylation is 2. The smallest absolute Gasteiger partial charge is 0.259 e. The lowest BCUT2D eigenvalue weighted by Gasteiger charge is -2.52. The van der Waals surface area contributed by atoms with E-state index in [1.807, 2.05) is 18.2 Å². The van der Waals surface area contributed by atoms with Crippen LogP contribution in [-0.4, -0.2) is 52.3 Å². The standard InChI is InChI=1S/C18H21N3O4/c1-12-16(13(2)25-20-12)17(22)21-10-18(11-21)9-14(6-8-23-18)24-15-5-3-4-7-19-15/h3-5,7,14H,6,8-11H2,1-2H3/t14-/m1/s1. The summed E-state index contributed by atoms with van der Waals surface area (Å²) in [4.78, 5) is 18.7. The highest BCUT2D eigenvalue weighted by Gasteiger charge is 2.50. The summed E-state index contributed by atoms with van der Waals surface area (Å²) in [6, 6.07) is 5.63. The molecule has 7 nitrogen and oxygen atoms in total. The van der Waals surface area contributed by atoms with E-state index >= 15 is 0 Å². The molecule has 132 valence electrons. The molecule has 2 fully saturated rings. The highest BCUT2D eigenvalue weighted by atomic mass is 16.5. The molecule has 25 heavy (non-hydrogen) atoms. The van der Waals surface area contributed by atoms with Crippen LogP contribution in [0.25, 0.3) is 0 Å². The number of carbonyl (C=O) groups excluding carboxylic acids is 1. The number of carbonyl (C=O) groups is 1. The van der Waals surface area contributed by atoms with Crippen molar-refractivity contribution in [1.82, 2.24) is 15.0 Å². The first kappa shape index (κ1) is 16.1. The van der Waals surface area contributed by atoms with Crippen LogP contribution in [-0.2, 0) is 4.74 Å². The second-order valence-corrected chi connectivity index (χ2v) is 6.79. The number of nitrogens with zero attached hydrogens (tertiary/aromatic N) is 3. The van der Waals surface area contributed by atoms with E-state index in [1.165, 1.54) is 0 Å². The molecule has 0 radical (unpaired) electrons. The molecule has 2 aliphatic heterocycles. The minimum Gasteiger partial charge on any atom is -0.474 e. The zero-order valence-electron chi connectivity index (χ0n) is 14.4. The zero-order chi connectivity index (χ0) is 17.4. The quantitative estimate of drug-likeness (QED) is 0.850. The molecule has 0 N–H and O–H groups in total. The summed E-state index contributed by atoms with van der Waals surface area (Å²) in [5.41, 5.74) is 0.878. The Hall–Kier alpha value is -2.41. The van der Waals surface area contributed by atoms with E-state index in [4.69, 9.17) is 14.0 Å². The number of hydrogen-bond acceptors (Lipinski definition) is 6. The Morgan fingerprint density at radius 3 is 2.88 bits per heavy atom. The molecule has 2 saturated heterocycles. The topological polar surface area (TPSA) is 77.7 Å². The van der Waals surface area contributed by atoms with Crippen LogP contribution in [0.2, 0.25) is 0 Å². The summed E-state index contributed by atoms with van der Waals surface area (Å²) in [5.74, 6) is 1.15. The molecule has 0 unspecified atom stereocenters. The molecule has 2 aromatic heterocycles. The summed E-state index contributed by atoms with van der Waals surface area (Å²) in [7, 11) is 0. The van der Waals surface area contributed by atoms with Crippen LogP contribution >= 0.6 is 0 Å². The van der Waals surface area contributed by atoms with Crippen LogP contribution in [0.4, 0.5) is 0 Å². The third-order valence-corrected chi connectivity index (χ3v) is 4.87. The maximum Gasteiger partial charge on any atom is 0.259 e. The van der Waals surface area contributed by atoms with Gasteiger partial charge in [0.2, 0.25) is 5.88 Å². The number of hydrogen-bond donors (Lipinski definition) is 0. The van der Waals surface area contributed by atoms with Crippen molar-refractivity contribution in [2.45, 2.75) is 38.4 Å². The van der Waals surface area contributed by atoms with Gasteiger partial charge in [0.05, 0.1) is 25.4 Å². The Labute approximate surface area is 145 Å². The van der Waals surface area contributed by atoms with E-state index in [1.54, 1.807) is 24.9 Å². The Morgan fingerprint density at radius 1 is 1.36 bits per heavy atom. The lowest BCUT2D eigenvalue weighted by molar-refractivity contribution is -0.174. The molecule has 1 spiro atoms. The van der Waals surface area contributed by atoms with Gasteiger partial charge in [-0.05, 0) is 19.9 Å². The third kappa shape index (κ3) is 3.00. The van der Waals surface area contributed by atoms with Gasteiger partial charge in [-0.15, -0.1) is 0 Å². The average Bonchev–Trinajstić information content (AvgIpc) is 2.92. The van der Waals surface area contributed by atoms with Crippen molar-refractivity contribution >= 4 is 5.91 Å². The van der Waals surface area contributed by atoms with Gasteiger partial charge < -0.3 is 18.9 Å². The van der Waals surface area contributed by atoms with Gasteiger partial charge in [0, 0.05) is 25.1 Å². The fraction of sp³-hybridized carbons (Fsp3) is 0.500. The second kappa shape index (κ2) is 6.15. The van der Waals surface area contributed by atoms with Crippen molar-refractivity contribution < 1.29 is 18.8 Å². The van der Waals surface area contributed by atoms with Crippen LogP contribution in [0.1, 0.15) is 34.7 Å². The fourth-order valence-electron chi connectivity index (χ4n) is 3.63. The van der Waals surface area contributed by atoms with Crippen LogP contribution < -0.4 is 4.74 Å². The van der Waals surface area contributed by atoms with Crippen molar-refractivity contribution in [2.75, 3.05) is 19.7 Å².